The molecule has 1 saturated heterocycles. The molecule has 1 atom stereocenters. The molecule has 32 heavy (non-hydrogen) atoms. The number of aryl methyl sites for hydroxylation is 1. The number of esters is 1. The lowest BCUT2D eigenvalue weighted by Crippen LogP contribution is -2.48. The zero-order chi connectivity index (χ0) is 22.2. The summed E-state index contributed by atoms with van der Waals surface area (Å²) in [5, 5.41) is 8.86. The maximum Gasteiger partial charge on any atom is 0.357 e. The van der Waals surface area contributed by atoms with E-state index in [1.54, 1.807) is 4.90 Å². The number of carbonyl (C=O) groups is 2. The van der Waals surface area contributed by atoms with E-state index in [1.165, 1.54) is 23.5 Å². The molecule has 0 unspecified atom stereocenters. The van der Waals surface area contributed by atoms with Crippen molar-refractivity contribution in [3.05, 3.63) is 87.5 Å². The first kappa shape index (κ1) is 20.8. The highest BCUT2D eigenvalue weighted by Gasteiger charge is 2.49. The average molecular weight is 465 g/mol. The molecule has 1 fully saturated rings. The summed E-state index contributed by atoms with van der Waals surface area (Å²) in [5.41, 5.74) is 2.02. The molecule has 9 heteroatoms. The SMILES string of the molecule is Cc1nnc(SC2=C(C(=O)OC(c3ccccc3)c3ccccc3)N3C(=O)C[C@H]3S2)n1C. The number of rotatable bonds is 6. The number of β-lactam (4-membered cyclic amide) rings is 1. The first-order chi connectivity index (χ1) is 15.5. The van der Waals surface area contributed by atoms with Crippen molar-refractivity contribution in [1.29, 1.82) is 0 Å². The first-order valence-electron chi connectivity index (χ1n) is 10.1. The number of benzene rings is 2. The van der Waals surface area contributed by atoms with Gasteiger partial charge in [-0.25, -0.2) is 4.79 Å². The molecular formula is C23H20N4O3S2. The van der Waals surface area contributed by atoms with Crippen molar-refractivity contribution >= 4 is 35.4 Å². The summed E-state index contributed by atoms with van der Waals surface area (Å²) >= 11 is 2.84. The molecule has 3 heterocycles. The van der Waals surface area contributed by atoms with Crippen LogP contribution in [0.2, 0.25) is 0 Å². The number of amides is 1. The fourth-order valence-electron chi connectivity index (χ4n) is 3.59. The number of nitrogens with zero attached hydrogens (tertiary/aromatic N) is 4. The number of aromatic nitrogens is 3. The quantitative estimate of drug-likeness (QED) is 0.403. The molecule has 0 N–H and O–H groups in total. The van der Waals surface area contributed by atoms with E-state index in [4.69, 9.17) is 4.74 Å². The molecule has 5 rings (SSSR count). The second-order valence-corrected chi connectivity index (χ2v) is 9.90. The van der Waals surface area contributed by atoms with Crippen molar-refractivity contribution in [3.63, 3.8) is 0 Å². The second kappa shape index (κ2) is 8.48. The van der Waals surface area contributed by atoms with Crippen LogP contribution < -0.4 is 0 Å². The van der Waals surface area contributed by atoms with Gasteiger partial charge >= 0.3 is 5.97 Å². The van der Waals surface area contributed by atoms with E-state index in [0.717, 1.165) is 17.0 Å². The predicted molar refractivity (Wildman–Crippen MR) is 122 cm³/mol. The van der Waals surface area contributed by atoms with Gasteiger partial charge in [0.25, 0.3) is 0 Å². The Morgan fingerprint density at radius 1 is 1.09 bits per heavy atom. The maximum absolute atomic E-state index is 13.5. The number of thioether (sulfide) groups is 2. The van der Waals surface area contributed by atoms with E-state index < -0.39 is 12.1 Å². The highest BCUT2D eigenvalue weighted by molar-refractivity contribution is 8.22. The molecular weight excluding hydrogens is 444 g/mol. The van der Waals surface area contributed by atoms with Gasteiger partial charge in [-0.1, -0.05) is 72.4 Å². The number of ether oxygens (including phenoxy) is 1. The predicted octanol–water partition coefficient (Wildman–Crippen LogP) is 4.02. The monoisotopic (exact) mass is 464 g/mol. The number of fused-ring (bicyclic) bond motifs is 1. The Bertz CT molecular complexity index is 1170. The highest BCUT2D eigenvalue weighted by Crippen LogP contribution is 2.52. The van der Waals surface area contributed by atoms with Gasteiger partial charge < -0.3 is 9.30 Å². The van der Waals surface area contributed by atoms with E-state index >= 15 is 0 Å². The lowest BCUT2D eigenvalue weighted by molar-refractivity contribution is -0.151. The number of carbonyl (C=O) groups excluding carboxylic acids is 2. The maximum atomic E-state index is 13.5. The van der Waals surface area contributed by atoms with Crippen molar-refractivity contribution in [2.75, 3.05) is 0 Å². The molecule has 1 amide bonds. The Morgan fingerprint density at radius 2 is 1.72 bits per heavy atom. The molecule has 162 valence electrons. The largest absolute Gasteiger partial charge is 0.448 e. The van der Waals surface area contributed by atoms with Crippen molar-refractivity contribution in [2.24, 2.45) is 7.05 Å². The zero-order valence-corrected chi connectivity index (χ0v) is 19.1. The number of hydrogen-bond donors (Lipinski definition) is 0. The minimum atomic E-state index is -0.582. The lowest BCUT2D eigenvalue weighted by atomic mass is 10.0. The van der Waals surface area contributed by atoms with Crippen LogP contribution in [0, 0.1) is 6.92 Å². The first-order valence-corrected chi connectivity index (χ1v) is 11.8. The summed E-state index contributed by atoms with van der Waals surface area (Å²) in [6, 6.07) is 19.2. The average Bonchev–Trinajstić information content (AvgIpc) is 3.29. The summed E-state index contributed by atoms with van der Waals surface area (Å²) in [4.78, 5) is 27.4. The standard InChI is InChI=1S/C23H20N4O3S2/c1-14-24-25-23(26(14)2)32-22-19(27-17(28)13-18(27)31-22)21(29)30-20(15-9-5-3-6-10-15)16-11-7-4-8-12-16/h3-12,18,20H,13H2,1-2H3/t18-/m1/s1. The van der Waals surface area contributed by atoms with Crippen molar-refractivity contribution < 1.29 is 14.3 Å². The minimum absolute atomic E-state index is 0.0739. The van der Waals surface area contributed by atoms with Gasteiger partial charge in [0.1, 0.15) is 5.82 Å². The van der Waals surface area contributed by atoms with E-state index in [9.17, 15) is 9.59 Å². The molecule has 2 aliphatic heterocycles. The molecule has 2 aromatic carbocycles. The van der Waals surface area contributed by atoms with Gasteiger partial charge in [0.05, 0.1) is 16.0 Å². The van der Waals surface area contributed by atoms with Crippen LogP contribution in [0.1, 0.15) is 29.5 Å². The molecule has 0 aliphatic carbocycles. The Labute approximate surface area is 193 Å². The van der Waals surface area contributed by atoms with Crippen LogP contribution in [0.5, 0.6) is 0 Å². The van der Waals surface area contributed by atoms with Gasteiger partial charge in [0.15, 0.2) is 17.0 Å². The van der Waals surface area contributed by atoms with E-state index in [-0.39, 0.29) is 11.3 Å². The summed E-state index contributed by atoms with van der Waals surface area (Å²) in [6.45, 7) is 1.86. The Kier molecular flexibility index (Phi) is 5.52. The molecule has 0 radical (unpaired) electrons. The van der Waals surface area contributed by atoms with Crippen LogP contribution >= 0.6 is 23.5 Å². The third kappa shape index (κ3) is 3.71. The van der Waals surface area contributed by atoms with E-state index in [2.05, 4.69) is 10.2 Å². The number of hydrogen-bond acceptors (Lipinski definition) is 7. The molecule has 0 spiro atoms. The van der Waals surface area contributed by atoms with Crippen LogP contribution in [0.4, 0.5) is 0 Å². The lowest BCUT2D eigenvalue weighted by Gasteiger charge is -2.34. The van der Waals surface area contributed by atoms with Crippen molar-refractivity contribution in [1.82, 2.24) is 19.7 Å². The van der Waals surface area contributed by atoms with Crippen LogP contribution in [0.15, 0.2) is 75.8 Å². The third-order valence-corrected chi connectivity index (χ3v) is 7.96. The van der Waals surface area contributed by atoms with Crippen LogP contribution in [-0.4, -0.2) is 36.9 Å². The van der Waals surface area contributed by atoms with Gasteiger partial charge in [-0.15, -0.1) is 10.2 Å². The van der Waals surface area contributed by atoms with E-state index in [0.29, 0.717) is 21.5 Å². The summed E-state index contributed by atoms with van der Waals surface area (Å²) < 4.78 is 8.62. The molecule has 0 bridgehead atoms. The van der Waals surface area contributed by atoms with Crippen molar-refractivity contribution in [2.45, 2.75) is 30.0 Å². The second-order valence-electron chi connectivity index (χ2n) is 7.47. The van der Waals surface area contributed by atoms with Crippen molar-refractivity contribution in [3.8, 4) is 0 Å². The van der Waals surface area contributed by atoms with Gasteiger partial charge in [-0.2, -0.15) is 0 Å². The Hall–Kier alpha value is -3.04. The molecule has 1 aromatic heterocycles. The summed E-state index contributed by atoms with van der Waals surface area (Å²) in [5.74, 6) is 0.176. The molecule has 3 aromatic rings. The van der Waals surface area contributed by atoms with Crippen LogP contribution in [0.25, 0.3) is 0 Å². The van der Waals surface area contributed by atoms with Gasteiger partial charge in [0, 0.05) is 7.05 Å². The smallest absolute Gasteiger partial charge is 0.357 e. The topological polar surface area (TPSA) is 77.3 Å². The van der Waals surface area contributed by atoms with E-state index in [1.807, 2.05) is 79.2 Å². The summed E-state index contributed by atoms with van der Waals surface area (Å²) in [7, 11) is 1.87. The van der Waals surface area contributed by atoms with Crippen LogP contribution in [-0.2, 0) is 21.4 Å². The normalized spacial score (nSPS) is 17.5. The van der Waals surface area contributed by atoms with Crippen LogP contribution in [0.3, 0.4) is 0 Å². The molecule has 0 saturated carbocycles. The van der Waals surface area contributed by atoms with Gasteiger partial charge in [0.2, 0.25) is 5.91 Å². The highest BCUT2D eigenvalue weighted by atomic mass is 32.2. The Morgan fingerprint density at radius 3 is 2.25 bits per heavy atom. The molecule has 2 aliphatic rings. The zero-order valence-electron chi connectivity index (χ0n) is 17.5. The Balaban J connectivity index is 1.49. The summed E-state index contributed by atoms with van der Waals surface area (Å²) in [6.07, 6.45) is -0.175. The van der Waals surface area contributed by atoms with Gasteiger partial charge in [-0.05, 0) is 29.8 Å². The third-order valence-electron chi connectivity index (χ3n) is 5.44. The fraction of sp³-hybridized carbons (Fsp3) is 0.217. The van der Waals surface area contributed by atoms with Gasteiger partial charge in [-0.3, -0.25) is 9.69 Å². The molecule has 7 nitrogen and oxygen atoms in total. The minimum Gasteiger partial charge on any atom is -0.448 e. The fourth-order valence-corrected chi connectivity index (χ4v) is 6.23.